The standard InChI is InChI=1S/C15H16ClN3O2S/c1-2-11-3-9-14(10-4-11)22(21,19-15(17)20)18-13-7-5-12(16)6-8-13/h3-10H,2H2,1H3,(H3,17,18,19,20,21). The third kappa shape index (κ3) is 3.99. The van der Waals surface area contributed by atoms with Gasteiger partial charge in [0.25, 0.3) is 0 Å². The summed E-state index contributed by atoms with van der Waals surface area (Å²) < 4.78 is 19.4. The number of nitrogens with two attached hydrogens (primary N) is 1. The summed E-state index contributed by atoms with van der Waals surface area (Å²) in [5, 5.41) is 0.552. The highest BCUT2D eigenvalue weighted by atomic mass is 35.5. The molecule has 0 bridgehead atoms. The van der Waals surface area contributed by atoms with E-state index in [1.54, 1.807) is 36.4 Å². The van der Waals surface area contributed by atoms with Gasteiger partial charge in [-0.25, -0.2) is 9.00 Å². The fraction of sp³-hybridized carbons (Fsp3) is 0.133. The second-order valence-corrected chi connectivity index (χ2v) is 6.91. The van der Waals surface area contributed by atoms with Gasteiger partial charge in [0.05, 0.1) is 4.90 Å². The van der Waals surface area contributed by atoms with E-state index in [1.807, 2.05) is 19.1 Å². The third-order valence-corrected chi connectivity index (χ3v) is 5.08. The van der Waals surface area contributed by atoms with Gasteiger partial charge >= 0.3 is 6.03 Å². The quantitative estimate of drug-likeness (QED) is 0.888. The summed E-state index contributed by atoms with van der Waals surface area (Å²) in [6.07, 6.45) is 0.860. The topological polar surface area (TPSA) is 84.6 Å². The first-order valence-electron chi connectivity index (χ1n) is 6.62. The largest absolute Gasteiger partial charge is 0.349 e. The Morgan fingerprint density at radius 2 is 1.77 bits per heavy atom. The molecular weight excluding hydrogens is 322 g/mol. The number of amides is 2. The van der Waals surface area contributed by atoms with Crippen LogP contribution in [0.1, 0.15) is 12.5 Å². The van der Waals surface area contributed by atoms with Gasteiger partial charge in [-0.1, -0.05) is 30.7 Å². The van der Waals surface area contributed by atoms with Crippen molar-refractivity contribution in [2.45, 2.75) is 18.2 Å². The molecule has 1 unspecified atom stereocenters. The van der Waals surface area contributed by atoms with Crippen LogP contribution in [0.5, 0.6) is 0 Å². The van der Waals surface area contributed by atoms with Gasteiger partial charge in [0.15, 0.2) is 9.92 Å². The zero-order valence-corrected chi connectivity index (χ0v) is 13.5. The Hall–Kier alpha value is -2.05. The number of urea groups is 1. The zero-order valence-electron chi connectivity index (χ0n) is 12.0. The lowest BCUT2D eigenvalue weighted by Crippen LogP contribution is -2.17. The number of benzene rings is 2. The van der Waals surface area contributed by atoms with Crippen molar-refractivity contribution in [2.24, 2.45) is 10.1 Å². The highest BCUT2D eigenvalue weighted by molar-refractivity contribution is 7.95. The number of primary amides is 1. The Balaban J connectivity index is 2.45. The summed E-state index contributed by atoms with van der Waals surface area (Å²) in [6, 6.07) is 12.6. The molecule has 0 radical (unpaired) electrons. The maximum Gasteiger partial charge on any atom is 0.348 e. The van der Waals surface area contributed by atoms with E-state index in [1.165, 1.54) is 0 Å². The van der Waals surface area contributed by atoms with Crippen LogP contribution < -0.4 is 10.5 Å². The first-order chi connectivity index (χ1) is 10.4. The fourth-order valence-electron chi connectivity index (χ4n) is 1.85. The third-order valence-electron chi connectivity index (χ3n) is 2.97. The Morgan fingerprint density at radius 1 is 1.18 bits per heavy atom. The van der Waals surface area contributed by atoms with Gasteiger partial charge in [-0.15, -0.1) is 4.36 Å². The van der Waals surface area contributed by atoms with E-state index in [0.29, 0.717) is 15.6 Å². The predicted molar refractivity (Wildman–Crippen MR) is 89.3 cm³/mol. The number of halogens is 1. The monoisotopic (exact) mass is 337 g/mol. The Morgan fingerprint density at radius 3 is 2.27 bits per heavy atom. The molecule has 2 aromatic rings. The summed E-state index contributed by atoms with van der Waals surface area (Å²) in [5.41, 5.74) is 6.72. The highest BCUT2D eigenvalue weighted by Gasteiger charge is 2.14. The minimum Gasteiger partial charge on any atom is -0.349 e. The minimum atomic E-state index is -3.20. The van der Waals surface area contributed by atoms with Gasteiger partial charge in [0.2, 0.25) is 0 Å². The number of nitrogens with one attached hydrogen (secondary N) is 1. The van der Waals surface area contributed by atoms with Gasteiger partial charge in [-0.2, -0.15) is 0 Å². The van der Waals surface area contributed by atoms with E-state index >= 15 is 0 Å². The number of rotatable bonds is 4. The van der Waals surface area contributed by atoms with E-state index in [-0.39, 0.29) is 0 Å². The molecule has 0 saturated carbocycles. The SMILES string of the molecule is CCc1ccc(S(=O)(=NC(N)=O)Nc2ccc(Cl)cc2)cc1. The molecule has 0 fully saturated rings. The highest BCUT2D eigenvalue weighted by Crippen LogP contribution is 2.20. The molecule has 0 aromatic heterocycles. The van der Waals surface area contributed by atoms with Crippen LogP contribution in [0.15, 0.2) is 57.8 Å². The molecule has 1 atom stereocenters. The average molecular weight is 338 g/mol. The van der Waals surface area contributed by atoms with Crippen molar-refractivity contribution in [1.82, 2.24) is 0 Å². The van der Waals surface area contributed by atoms with Crippen molar-refractivity contribution < 1.29 is 9.00 Å². The minimum absolute atomic E-state index is 0.387. The van der Waals surface area contributed by atoms with Gasteiger partial charge in [0, 0.05) is 10.7 Å². The van der Waals surface area contributed by atoms with Crippen molar-refractivity contribution in [2.75, 3.05) is 4.72 Å². The summed E-state index contributed by atoms with van der Waals surface area (Å²) in [7, 11) is -3.20. The summed E-state index contributed by atoms with van der Waals surface area (Å²) in [5.74, 6) is 0. The van der Waals surface area contributed by atoms with E-state index < -0.39 is 15.9 Å². The molecule has 2 rings (SSSR count). The van der Waals surface area contributed by atoms with Crippen molar-refractivity contribution in [1.29, 1.82) is 0 Å². The van der Waals surface area contributed by atoms with Gasteiger partial charge in [-0.3, -0.25) is 4.72 Å². The first-order valence-corrected chi connectivity index (χ1v) is 8.51. The van der Waals surface area contributed by atoms with Crippen molar-refractivity contribution in [3.8, 4) is 0 Å². The molecule has 0 aliphatic rings. The van der Waals surface area contributed by atoms with Gasteiger partial charge < -0.3 is 5.73 Å². The van der Waals surface area contributed by atoms with Crippen LogP contribution in [0.3, 0.4) is 0 Å². The predicted octanol–water partition coefficient (Wildman–Crippen LogP) is 3.84. The molecule has 0 spiro atoms. The molecule has 3 N–H and O–H groups in total. The number of carbonyl (C=O) groups excluding carboxylic acids is 1. The van der Waals surface area contributed by atoms with E-state index in [9.17, 15) is 9.00 Å². The van der Waals surface area contributed by atoms with Crippen LogP contribution in [0.25, 0.3) is 0 Å². The van der Waals surface area contributed by atoms with E-state index in [0.717, 1.165) is 12.0 Å². The van der Waals surface area contributed by atoms with Gasteiger partial charge in [-0.05, 0) is 48.4 Å². The number of carbonyl (C=O) groups is 1. The first kappa shape index (κ1) is 16.3. The maximum absolute atomic E-state index is 13.0. The fourth-order valence-corrected chi connectivity index (χ4v) is 3.46. The number of aryl methyl sites for hydroxylation is 1. The molecule has 0 heterocycles. The molecule has 2 amide bonds. The second-order valence-electron chi connectivity index (χ2n) is 4.56. The molecule has 5 nitrogen and oxygen atoms in total. The van der Waals surface area contributed by atoms with E-state index in [4.69, 9.17) is 17.3 Å². The summed E-state index contributed by atoms with van der Waals surface area (Å²) in [6.45, 7) is 2.02. The molecule has 0 aliphatic heterocycles. The molecular formula is C15H16ClN3O2S. The Bertz CT molecular complexity index is 779. The molecule has 116 valence electrons. The maximum atomic E-state index is 13.0. The smallest absolute Gasteiger partial charge is 0.348 e. The van der Waals surface area contributed by atoms with Crippen LogP contribution in [-0.4, -0.2) is 10.2 Å². The van der Waals surface area contributed by atoms with Gasteiger partial charge in [0.1, 0.15) is 0 Å². The van der Waals surface area contributed by atoms with Crippen LogP contribution in [-0.2, 0) is 16.3 Å². The molecule has 0 aliphatic carbocycles. The molecule has 7 heteroatoms. The lowest BCUT2D eigenvalue weighted by molar-refractivity contribution is 0.257. The Labute approximate surface area is 134 Å². The second kappa shape index (κ2) is 6.81. The number of hydrogen-bond acceptors (Lipinski definition) is 2. The molecule has 2 aromatic carbocycles. The molecule has 22 heavy (non-hydrogen) atoms. The average Bonchev–Trinajstić information content (AvgIpc) is 2.49. The van der Waals surface area contributed by atoms with Crippen LogP contribution in [0.4, 0.5) is 10.5 Å². The lowest BCUT2D eigenvalue weighted by Gasteiger charge is -2.13. The van der Waals surface area contributed by atoms with Crippen molar-refractivity contribution in [3.05, 3.63) is 59.1 Å². The zero-order chi connectivity index (χ0) is 16.2. The summed E-state index contributed by atoms with van der Waals surface area (Å²) in [4.78, 5) is 11.6. The number of anilines is 1. The number of nitrogens with zero attached hydrogens (tertiary/aromatic N) is 1. The molecule has 0 saturated heterocycles. The van der Waals surface area contributed by atoms with Crippen LogP contribution in [0.2, 0.25) is 5.02 Å². The van der Waals surface area contributed by atoms with Crippen LogP contribution in [0, 0.1) is 0 Å². The van der Waals surface area contributed by atoms with Crippen molar-refractivity contribution >= 4 is 33.2 Å². The Kier molecular flexibility index (Phi) is 5.05. The van der Waals surface area contributed by atoms with Crippen molar-refractivity contribution in [3.63, 3.8) is 0 Å². The lowest BCUT2D eigenvalue weighted by atomic mass is 10.2. The number of hydrogen-bond donors (Lipinski definition) is 2. The normalized spacial score (nSPS) is 13.2. The van der Waals surface area contributed by atoms with Crippen LogP contribution >= 0.6 is 11.6 Å². The van der Waals surface area contributed by atoms with E-state index in [2.05, 4.69) is 9.08 Å². The summed E-state index contributed by atoms with van der Waals surface area (Å²) >= 11 is 5.82.